The lowest BCUT2D eigenvalue weighted by Gasteiger charge is -2.49. The zero-order valence-corrected chi connectivity index (χ0v) is 17.1. The third-order valence-corrected chi connectivity index (χ3v) is 5.64. The maximum Gasteiger partial charge on any atom is 0.225 e. The summed E-state index contributed by atoms with van der Waals surface area (Å²) < 4.78 is 1.94. The summed E-state index contributed by atoms with van der Waals surface area (Å²) in [6.07, 6.45) is 5.70. The van der Waals surface area contributed by atoms with E-state index in [0.717, 1.165) is 25.2 Å². The van der Waals surface area contributed by atoms with Gasteiger partial charge in [-0.15, -0.1) is 5.10 Å². The van der Waals surface area contributed by atoms with Gasteiger partial charge in [-0.3, -0.25) is 9.69 Å². The van der Waals surface area contributed by atoms with E-state index in [1.165, 1.54) is 19.3 Å². The van der Waals surface area contributed by atoms with E-state index < -0.39 is 0 Å². The Labute approximate surface area is 156 Å². The van der Waals surface area contributed by atoms with Crippen LogP contribution >= 0.6 is 0 Å². The highest BCUT2D eigenvalue weighted by Gasteiger charge is 2.40. The molecule has 2 aliphatic rings. The molecule has 0 spiro atoms. The average Bonchev–Trinajstić information content (AvgIpc) is 2.95. The molecule has 3 rings (SSSR count). The second kappa shape index (κ2) is 6.91. The molecule has 2 aliphatic heterocycles. The Bertz CT molecular complexity index is 627. The highest BCUT2D eigenvalue weighted by molar-refractivity contribution is 5.81. The summed E-state index contributed by atoms with van der Waals surface area (Å²) in [7, 11) is 0. The standard InChI is InChI=1S/C19H34N6O/c1-18(2,3)17(26)20-13-10-14-8-7-9-15(11-13)24(14)12-16-21-22-23-25(16)19(4,5)6/h13-15H,7-12H2,1-6H3,(H,20,26)/t14-,15-/m1/s1. The summed E-state index contributed by atoms with van der Waals surface area (Å²) in [4.78, 5) is 15.0. The van der Waals surface area contributed by atoms with Crippen molar-refractivity contribution in [1.82, 2.24) is 30.4 Å². The van der Waals surface area contributed by atoms with Crippen molar-refractivity contribution in [1.29, 1.82) is 0 Å². The zero-order valence-electron chi connectivity index (χ0n) is 17.1. The number of amides is 1. The fraction of sp³-hybridized carbons (Fsp3) is 0.895. The van der Waals surface area contributed by atoms with Crippen LogP contribution in [0, 0.1) is 5.41 Å². The molecule has 2 saturated heterocycles. The third kappa shape index (κ3) is 4.08. The molecule has 3 heterocycles. The van der Waals surface area contributed by atoms with Crippen LogP contribution in [0.4, 0.5) is 0 Å². The molecule has 7 heteroatoms. The first-order valence-electron chi connectivity index (χ1n) is 9.90. The molecule has 0 aromatic carbocycles. The Morgan fingerprint density at radius 2 is 1.73 bits per heavy atom. The maximum atomic E-state index is 12.4. The van der Waals surface area contributed by atoms with Gasteiger partial charge in [-0.1, -0.05) is 27.2 Å². The van der Waals surface area contributed by atoms with Crippen LogP contribution < -0.4 is 5.32 Å². The summed E-state index contributed by atoms with van der Waals surface area (Å²) in [5.41, 5.74) is -0.450. The van der Waals surface area contributed by atoms with Crippen molar-refractivity contribution < 1.29 is 4.79 Å². The topological polar surface area (TPSA) is 75.9 Å². The highest BCUT2D eigenvalue weighted by atomic mass is 16.2. The largest absolute Gasteiger partial charge is 0.353 e. The molecule has 146 valence electrons. The lowest BCUT2D eigenvalue weighted by Crippen LogP contribution is -2.57. The molecule has 1 aromatic heterocycles. The first kappa shape index (κ1) is 19.3. The molecule has 7 nitrogen and oxygen atoms in total. The fourth-order valence-corrected chi connectivity index (χ4v) is 4.25. The van der Waals surface area contributed by atoms with E-state index in [1.807, 2.05) is 25.5 Å². The normalized spacial score (nSPS) is 27.4. The van der Waals surface area contributed by atoms with Gasteiger partial charge in [-0.25, -0.2) is 4.68 Å². The lowest BCUT2D eigenvalue weighted by atomic mass is 9.81. The van der Waals surface area contributed by atoms with E-state index in [4.69, 9.17) is 0 Å². The van der Waals surface area contributed by atoms with Gasteiger partial charge in [0.2, 0.25) is 5.91 Å². The quantitative estimate of drug-likeness (QED) is 0.894. The van der Waals surface area contributed by atoms with Crippen LogP contribution in [0.1, 0.15) is 79.5 Å². The first-order valence-corrected chi connectivity index (χ1v) is 9.90. The van der Waals surface area contributed by atoms with Gasteiger partial charge in [-0.2, -0.15) is 0 Å². The van der Waals surface area contributed by atoms with Gasteiger partial charge >= 0.3 is 0 Å². The summed E-state index contributed by atoms with van der Waals surface area (Å²) >= 11 is 0. The SMILES string of the molecule is CC(C)(C)C(=O)NC1C[C@H]2CCC[C@H](C1)N2Cc1nnnn1C(C)(C)C. The minimum Gasteiger partial charge on any atom is -0.353 e. The van der Waals surface area contributed by atoms with Crippen molar-refractivity contribution in [3.05, 3.63) is 5.82 Å². The van der Waals surface area contributed by atoms with Crippen LogP contribution in [0.2, 0.25) is 0 Å². The molecule has 0 radical (unpaired) electrons. The Morgan fingerprint density at radius 1 is 1.12 bits per heavy atom. The molecular formula is C19H34N6O. The van der Waals surface area contributed by atoms with Crippen molar-refractivity contribution in [3.63, 3.8) is 0 Å². The monoisotopic (exact) mass is 362 g/mol. The van der Waals surface area contributed by atoms with Crippen LogP contribution in [0.15, 0.2) is 0 Å². The molecule has 1 aromatic rings. The minimum absolute atomic E-state index is 0.118. The van der Waals surface area contributed by atoms with Crippen LogP contribution in [0.25, 0.3) is 0 Å². The van der Waals surface area contributed by atoms with Gasteiger partial charge in [0.05, 0.1) is 12.1 Å². The second-order valence-corrected chi connectivity index (χ2v) is 9.98. The van der Waals surface area contributed by atoms with Gasteiger partial charge in [-0.05, 0) is 56.9 Å². The number of hydrogen-bond donors (Lipinski definition) is 1. The number of aromatic nitrogens is 4. The molecule has 2 atom stereocenters. The van der Waals surface area contributed by atoms with Crippen molar-refractivity contribution >= 4 is 5.91 Å². The van der Waals surface area contributed by atoms with Crippen molar-refractivity contribution in [2.45, 2.75) is 104 Å². The van der Waals surface area contributed by atoms with Gasteiger partial charge in [0.25, 0.3) is 0 Å². The number of rotatable bonds is 3. The smallest absolute Gasteiger partial charge is 0.225 e. The predicted octanol–water partition coefficient (Wildman–Crippen LogP) is 2.48. The van der Waals surface area contributed by atoms with Crippen LogP contribution in [0.3, 0.4) is 0 Å². The molecule has 2 fully saturated rings. The Kier molecular flexibility index (Phi) is 5.12. The van der Waals surface area contributed by atoms with Crippen molar-refractivity contribution in [3.8, 4) is 0 Å². The lowest BCUT2D eigenvalue weighted by molar-refractivity contribution is -0.130. The molecule has 1 amide bonds. The molecule has 0 aliphatic carbocycles. The van der Waals surface area contributed by atoms with E-state index in [0.29, 0.717) is 12.1 Å². The number of nitrogens with one attached hydrogen (secondary N) is 1. The number of piperidine rings is 2. The molecule has 1 N–H and O–H groups in total. The molecule has 0 saturated carbocycles. The summed E-state index contributed by atoms with van der Waals surface area (Å²) in [6.45, 7) is 13.1. The van der Waals surface area contributed by atoms with Gasteiger partial charge in [0.1, 0.15) is 0 Å². The van der Waals surface area contributed by atoms with Crippen LogP contribution in [-0.2, 0) is 16.9 Å². The molecule has 2 bridgehead atoms. The zero-order chi connectivity index (χ0) is 19.1. The number of carbonyl (C=O) groups excluding carboxylic acids is 1. The van der Waals surface area contributed by atoms with E-state index in [1.54, 1.807) is 0 Å². The number of hydrogen-bond acceptors (Lipinski definition) is 5. The maximum absolute atomic E-state index is 12.4. The second-order valence-electron chi connectivity index (χ2n) is 9.98. The van der Waals surface area contributed by atoms with Gasteiger partial charge < -0.3 is 5.32 Å². The highest BCUT2D eigenvalue weighted by Crippen LogP contribution is 2.35. The van der Waals surface area contributed by atoms with Crippen LogP contribution in [-0.4, -0.2) is 49.1 Å². The summed E-state index contributed by atoms with van der Waals surface area (Å²) in [5.74, 6) is 1.09. The summed E-state index contributed by atoms with van der Waals surface area (Å²) in [6, 6.07) is 1.28. The van der Waals surface area contributed by atoms with E-state index in [-0.39, 0.29) is 22.9 Å². The predicted molar refractivity (Wildman–Crippen MR) is 100 cm³/mol. The average molecular weight is 363 g/mol. The minimum atomic E-state index is -0.332. The van der Waals surface area contributed by atoms with Crippen LogP contribution in [0.5, 0.6) is 0 Å². The Balaban J connectivity index is 1.70. The molecular weight excluding hydrogens is 328 g/mol. The van der Waals surface area contributed by atoms with Gasteiger partial charge in [0, 0.05) is 23.5 Å². The van der Waals surface area contributed by atoms with E-state index in [9.17, 15) is 4.79 Å². The fourth-order valence-electron chi connectivity index (χ4n) is 4.25. The number of nitrogens with zero attached hydrogens (tertiary/aromatic N) is 5. The first-order chi connectivity index (χ1) is 12.1. The van der Waals surface area contributed by atoms with E-state index in [2.05, 4.69) is 46.5 Å². The molecule has 0 unspecified atom stereocenters. The number of fused-ring (bicyclic) bond motifs is 2. The van der Waals surface area contributed by atoms with Crippen molar-refractivity contribution in [2.75, 3.05) is 0 Å². The van der Waals surface area contributed by atoms with Crippen molar-refractivity contribution in [2.24, 2.45) is 5.41 Å². The third-order valence-electron chi connectivity index (χ3n) is 5.64. The Morgan fingerprint density at radius 3 is 2.27 bits per heavy atom. The number of carbonyl (C=O) groups is 1. The molecule has 26 heavy (non-hydrogen) atoms. The summed E-state index contributed by atoms with van der Waals surface area (Å²) in [5, 5.41) is 15.7. The Hall–Kier alpha value is -1.50. The number of tetrazole rings is 1. The van der Waals surface area contributed by atoms with Gasteiger partial charge in [0.15, 0.2) is 5.82 Å². The van der Waals surface area contributed by atoms with E-state index >= 15 is 0 Å².